The average molecular weight is 298 g/mol. The topological polar surface area (TPSA) is 92.4 Å². The van der Waals surface area contributed by atoms with E-state index in [0.29, 0.717) is 18.5 Å². The van der Waals surface area contributed by atoms with Crippen LogP contribution in [0.5, 0.6) is 0 Å². The molecule has 1 fully saturated rings. The lowest BCUT2D eigenvalue weighted by molar-refractivity contribution is 0.185. The van der Waals surface area contributed by atoms with Crippen LogP contribution in [0.15, 0.2) is 17.0 Å². The molecule has 6 heteroatoms. The molecule has 1 aromatic rings. The summed E-state index contributed by atoms with van der Waals surface area (Å²) in [5.74, 6) is 0. The molecule has 0 saturated heterocycles. The van der Waals surface area contributed by atoms with Gasteiger partial charge in [0.2, 0.25) is 10.0 Å². The number of nitrogen functional groups attached to an aromatic ring is 1. The summed E-state index contributed by atoms with van der Waals surface area (Å²) in [4.78, 5) is 0.165. The van der Waals surface area contributed by atoms with Crippen LogP contribution < -0.4 is 10.5 Å². The number of nitrogens with one attached hydrogen (secondary N) is 1. The number of hydrogen-bond donors (Lipinski definition) is 3. The summed E-state index contributed by atoms with van der Waals surface area (Å²) in [6, 6.07) is 3.10. The fourth-order valence-corrected chi connectivity index (χ4v) is 4.27. The van der Waals surface area contributed by atoms with Crippen molar-refractivity contribution in [2.45, 2.75) is 50.0 Å². The van der Waals surface area contributed by atoms with E-state index in [1.54, 1.807) is 6.07 Å². The highest BCUT2D eigenvalue weighted by molar-refractivity contribution is 7.89. The van der Waals surface area contributed by atoms with E-state index in [4.69, 9.17) is 5.73 Å². The summed E-state index contributed by atoms with van der Waals surface area (Å²) in [6.45, 7) is 3.52. The highest BCUT2D eigenvalue weighted by Gasteiger charge is 2.37. The van der Waals surface area contributed by atoms with E-state index < -0.39 is 15.6 Å². The number of aliphatic hydroxyl groups excluding tert-OH is 1. The van der Waals surface area contributed by atoms with E-state index in [1.165, 1.54) is 6.07 Å². The zero-order chi connectivity index (χ0) is 15.0. The van der Waals surface area contributed by atoms with Crippen LogP contribution in [0.3, 0.4) is 0 Å². The van der Waals surface area contributed by atoms with Gasteiger partial charge in [-0.25, -0.2) is 13.1 Å². The number of rotatable bonds is 4. The molecular weight excluding hydrogens is 276 g/mol. The van der Waals surface area contributed by atoms with Crippen LogP contribution in [0.2, 0.25) is 0 Å². The summed E-state index contributed by atoms with van der Waals surface area (Å²) in [7, 11) is -3.67. The Morgan fingerprint density at radius 1 is 1.30 bits per heavy atom. The number of hydrogen-bond acceptors (Lipinski definition) is 4. The van der Waals surface area contributed by atoms with Crippen molar-refractivity contribution in [3.8, 4) is 0 Å². The first-order valence-corrected chi connectivity index (χ1v) is 8.30. The van der Waals surface area contributed by atoms with Crippen molar-refractivity contribution in [1.29, 1.82) is 0 Å². The van der Waals surface area contributed by atoms with Crippen LogP contribution in [0.25, 0.3) is 0 Å². The number of benzene rings is 1. The van der Waals surface area contributed by atoms with Gasteiger partial charge in [0.1, 0.15) is 0 Å². The molecule has 0 bridgehead atoms. The quantitative estimate of drug-likeness (QED) is 0.734. The van der Waals surface area contributed by atoms with Crippen molar-refractivity contribution in [3.05, 3.63) is 23.3 Å². The molecule has 2 rings (SSSR count). The fraction of sp³-hybridized carbons (Fsp3) is 0.571. The van der Waals surface area contributed by atoms with Gasteiger partial charge in [0, 0.05) is 5.69 Å². The first kappa shape index (κ1) is 15.3. The van der Waals surface area contributed by atoms with E-state index in [0.717, 1.165) is 24.0 Å². The van der Waals surface area contributed by atoms with Crippen LogP contribution in [0, 0.1) is 13.8 Å². The molecule has 20 heavy (non-hydrogen) atoms. The van der Waals surface area contributed by atoms with Crippen molar-refractivity contribution < 1.29 is 13.5 Å². The summed E-state index contributed by atoms with van der Waals surface area (Å²) in [6.07, 6.45) is 3.20. The number of sulfonamides is 1. The second kappa shape index (κ2) is 5.35. The molecule has 1 aliphatic carbocycles. The van der Waals surface area contributed by atoms with Gasteiger partial charge in [-0.1, -0.05) is 12.8 Å². The molecule has 1 aromatic carbocycles. The molecule has 1 saturated carbocycles. The van der Waals surface area contributed by atoms with Crippen molar-refractivity contribution in [2.24, 2.45) is 0 Å². The maximum absolute atomic E-state index is 12.5. The molecule has 1 aliphatic rings. The van der Waals surface area contributed by atoms with Gasteiger partial charge in [0.05, 0.1) is 17.0 Å². The Labute approximate surface area is 120 Å². The Balaban J connectivity index is 2.36. The Kier molecular flexibility index (Phi) is 4.09. The fourth-order valence-electron chi connectivity index (χ4n) is 2.70. The number of anilines is 1. The smallest absolute Gasteiger partial charge is 0.241 e. The standard InChI is InChI=1S/C14H22N2O3S/c1-10-7-12(8-13(15)11(10)2)20(18,19)16-14(9-17)5-3-4-6-14/h7-8,16-17H,3-6,9,15H2,1-2H3. The lowest BCUT2D eigenvalue weighted by Crippen LogP contribution is -2.49. The highest BCUT2D eigenvalue weighted by atomic mass is 32.2. The van der Waals surface area contributed by atoms with E-state index in [-0.39, 0.29) is 11.5 Å². The molecule has 0 heterocycles. The number of aliphatic hydroxyl groups is 1. The number of aryl methyl sites for hydroxylation is 1. The maximum Gasteiger partial charge on any atom is 0.241 e. The van der Waals surface area contributed by atoms with E-state index in [1.807, 2.05) is 13.8 Å². The minimum Gasteiger partial charge on any atom is -0.398 e. The predicted molar refractivity (Wildman–Crippen MR) is 78.9 cm³/mol. The molecular formula is C14H22N2O3S. The summed E-state index contributed by atoms with van der Waals surface area (Å²) >= 11 is 0. The lowest BCUT2D eigenvalue weighted by Gasteiger charge is -2.27. The van der Waals surface area contributed by atoms with Crippen LogP contribution in [-0.2, 0) is 10.0 Å². The van der Waals surface area contributed by atoms with Gasteiger partial charge < -0.3 is 10.8 Å². The first-order valence-electron chi connectivity index (χ1n) is 6.81. The third-order valence-corrected chi connectivity index (χ3v) is 5.76. The molecule has 0 atom stereocenters. The van der Waals surface area contributed by atoms with Crippen LogP contribution in [-0.4, -0.2) is 25.7 Å². The summed E-state index contributed by atoms with van der Waals surface area (Å²) in [5.41, 5.74) is 7.33. The van der Waals surface area contributed by atoms with Crippen LogP contribution >= 0.6 is 0 Å². The highest BCUT2D eigenvalue weighted by Crippen LogP contribution is 2.31. The molecule has 5 nitrogen and oxygen atoms in total. The van der Waals surface area contributed by atoms with Gasteiger partial charge in [-0.15, -0.1) is 0 Å². The molecule has 0 amide bonds. The van der Waals surface area contributed by atoms with Gasteiger partial charge in [0.15, 0.2) is 0 Å². The van der Waals surface area contributed by atoms with Crippen molar-refractivity contribution in [3.63, 3.8) is 0 Å². The first-order chi connectivity index (χ1) is 9.30. The predicted octanol–water partition coefficient (Wildman–Crippen LogP) is 1.47. The summed E-state index contributed by atoms with van der Waals surface area (Å²) < 4.78 is 27.7. The minimum atomic E-state index is -3.67. The zero-order valence-corrected chi connectivity index (χ0v) is 12.8. The summed E-state index contributed by atoms with van der Waals surface area (Å²) in [5, 5.41) is 9.53. The normalized spacial score (nSPS) is 18.4. The molecule has 0 aliphatic heterocycles. The van der Waals surface area contributed by atoms with Gasteiger partial charge in [-0.2, -0.15) is 0 Å². The van der Waals surface area contributed by atoms with Crippen LogP contribution in [0.1, 0.15) is 36.8 Å². The zero-order valence-electron chi connectivity index (χ0n) is 11.9. The van der Waals surface area contributed by atoms with Crippen molar-refractivity contribution >= 4 is 15.7 Å². The van der Waals surface area contributed by atoms with Crippen LogP contribution in [0.4, 0.5) is 5.69 Å². The number of nitrogens with two attached hydrogens (primary N) is 1. The lowest BCUT2D eigenvalue weighted by atomic mass is 10.0. The average Bonchev–Trinajstić information content (AvgIpc) is 2.83. The van der Waals surface area contributed by atoms with E-state index in [9.17, 15) is 13.5 Å². The second-order valence-electron chi connectivity index (χ2n) is 5.71. The molecule has 0 radical (unpaired) electrons. The van der Waals surface area contributed by atoms with E-state index in [2.05, 4.69) is 4.72 Å². The van der Waals surface area contributed by atoms with Gasteiger partial charge in [0.25, 0.3) is 0 Å². The van der Waals surface area contributed by atoms with Gasteiger partial charge in [-0.05, 0) is 49.9 Å². The molecule has 0 aromatic heterocycles. The van der Waals surface area contributed by atoms with E-state index >= 15 is 0 Å². The SMILES string of the molecule is Cc1cc(S(=O)(=O)NC2(CO)CCCC2)cc(N)c1C. The third kappa shape index (κ3) is 2.82. The molecule has 0 unspecified atom stereocenters. The maximum atomic E-state index is 12.5. The minimum absolute atomic E-state index is 0.165. The Morgan fingerprint density at radius 2 is 1.90 bits per heavy atom. The Hall–Kier alpha value is -1.11. The van der Waals surface area contributed by atoms with Crippen molar-refractivity contribution in [2.75, 3.05) is 12.3 Å². The Morgan fingerprint density at radius 3 is 2.40 bits per heavy atom. The van der Waals surface area contributed by atoms with Crippen molar-refractivity contribution in [1.82, 2.24) is 4.72 Å². The molecule has 0 spiro atoms. The largest absolute Gasteiger partial charge is 0.398 e. The monoisotopic (exact) mass is 298 g/mol. The Bertz CT molecular complexity index is 582. The second-order valence-corrected chi connectivity index (χ2v) is 7.39. The van der Waals surface area contributed by atoms with Gasteiger partial charge >= 0.3 is 0 Å². The molecule has 4 N–H and O–H groups in total. The molecule has 112 valence electrons. The third-order valence-electron chi connectivity index (χ3n) is 4.21. The van der Waals surface area contributed by atoms with Gasteiger partial charge in [-0.3, -0.25) is 0 Å².